The molecule has 26 heavy (non-hydrogen) atoms. The van der Waals surface area contributed by atoms with E-state index in [1.807, 2.05) is 6.07 Å². The van der Waals surface area contributed by atoms with Crippen molar-refractivity contribution in [3.8, 4) is 0 Å². The van der Waals surface area contributed by atoms with Gasteiger partial charge in [-0.15, -0.1) is 0 Å². The van der Waals surface area contributed by atoms with Crippen LogP contribution in [0.2, 0.25) is 0 Å². The summed E-state index contributed by atoms with van der Waals surface area (Å²) in [5.74, 6) is -0.983. The Morgan fingerprint density at radius 3 is 2.42 bits per heavy atom. The highest BCUT2D eigenvalue weighted by Gasteiger charge is 2.35. The van der Waals surface area contributed by atoms with Crippen molar-refractivity contribution in [2.75, 3.05) is 12.4 Å². The van der Waals surface area contributed by atoms with Crippen molar-refractivity contribution in [2.24, 2.45) is 0 Å². The predicted molar refractivity (Wildman–Crippen MR) is 112 cm³/mol. The zero-order valence-electron chi connectivity index (χ0n) is 13.4. The van der Waals surface area contributed by atoms with Crippen LogP contribution in [0, 0.1) is 3.57 Å². The van der Waals surface area contributed by atoms with Gasteiger partial charge in [0.15, 0.2) is 0 Å². The van der Waals surface area contributed by atoms with E-state index < -0.39 is 21.8 Å². The fraction of sp³-hybridized carbons (Fsp3) is 0.176. The number of alkyl halides is 3. The van der Waals surface area contributed by atoms with Crippen LogP contribution in [0.1, 0.15) is 20.7 Å². The van der Waals surface area contributed by atoms with Gasteiger partial charge < -0.3 is 15.4 Å². The van der Waals surface area contributed by atoms with E-state index in [4.69, 9.17) is 39.5 Å². The first-order chi connectivity index (χ1) is 12.2. The molecule has 0 saturated carbocycles. The maximum atomic E-state index is 12.5. The third kappa shape index (κ3) is 5.64. The lowest BCUT2D eigenvalue weighted by Gasteiger charge is -2.28. The van der Waals surface area contributed by atoms with Gasteiger partial charge in [0.1, 0.15) is 6.17 Å². The van der Waals surface area contributed by atoms with Crippen molar-refractivity contribution in [1.82, 2.24) is 5.32 Å². The van der Waals surface area contributed by atoms with Crippen molar-refractivity contribution in [3.05, 3.63) is 63.2 Å². The van der Waals surface area contributed by atoms with Crippen LogP contribution in [0.15, 0.2) is 48.5 Å². The molecule has 0 aromatic heterocycles. The minimum absolute atomic E-state index is 0.248. The maximum absolute atomic E-state index is 12.5. The lowest BCUT2D eigenvalue weighted by atomic mass is 10.1. The van der Waals surface area contributed by atoms with Crippen molar-refractivity contribution >= 4 is 75.0 Å². The number of benzene rings is 2. The van der Waals surface area contributed by atoms with Gasteiger partial charge in [-0.1, -0.05) is 53.0 Å². The molecule has 0 aliphatic carbocycles. The molecule has 0 spiro atoms. The number of hydrogen-bond donors (Lipinski definition) is 2. The minimum Gasteiger partial charge on any atom is -0.465 e. The number of hydrogen-bond acceptors (Lipinski definition) is 4. The van der Waals surface area contributed by atoms with Gasteiger partial charge in [0, 0.05) is 9.13 Å². The predicted octanol–water partition coefficient (Wildman–Crippen LogP) is 4.62. The van der Waals surface area contributed by atoms with Crippen LogP contribution >= 0.6 is 57.4 Å². The van der Waals surface area contributed by atoms with E-state index >= 15 is 0 Å². The SMILES string of the molecule is COC(=O)c1ccccc1N[C@H](NC(=O)c1cccc(I)c1)C(Cl)(Cl)Cl. The molecule has 2 N–H and O–H groups in total. The van der Waals surface area contributed by atoms with E-state index in [1.54, 1.807) is 42.5 Å². The third-order valence-corrected chi connectivity index (χ3v) is 4.65. The Balaban J connectivity index is 2.27. The van der Waals surface area contributed by atoms with Crippen LogP contribution in [0.4, 0.5) is 5.69 Å². The second-order valence-electron chi connectivity index (χ2n) is 5.14. The van der Waals surface area contributed by atoms with Gasteiger partial charge in [-0.3, -0.25) is 4.79 Å². The summed E-state index contributed by atoms with van der Waals surface area (Å²) in [6.07, 6.45) is -1.09. The quantitative estimate of drug-likeness (QED) is 0.258. The monoisotopic (exact) mass is 526 g/mol. The molecule has 0 bridgehead atoms. The molecule has 2 rings (SSSR count). The number of rotatable bonds is 5. The number of esters is 1. The molecule has 0 aliphatic rings. The van der Waals surface area contributed by atoms with E-state index in [9.17, 15) is 9.59 Å². The standard InChI is InChI=1S/C17H14Cl3IN2O3/c1-26-15(25)12-7-2-3-8-13(12)22-16(17(18,19)20)23-14(24)10-5-4-6-11(21)9-10/h2-9,16,22H,1H3,(H,23,24)/t16-/m1/s1. The number of para-hydroxylation sites is 1. The number of methoxy groups -OCH3 is 1. The van der Waals surface area contributed by atoms with Crippen molar-refractivity contribution in [3.63, 3.8) is 0 Å². The molecule has 0 fully saturated rings. The number of nitrogens with one attached hydrogen (secondary N) is 2. The van der Waals surface area contributed by atoms with Crippen molar-refractivity contribution < 1.29 is 14.3 Å². The van der Waals surface area contributed by atoms with Crippen molar-refractivity contribution in [1.29, 1.82) is 0 Å². The molecule has 0 heterocycles. The van der Waals surface area contributed by atoms with Gasteiger partial charge in [0.25, 0.3) is 5.91 Å². The summed E-state index contributed by atoms with van der Waals surface area (Å²) in [7, 11) is 1.27. The molecule has 1 amide bonds. The zero-order valence-corrected chi connectivity index (χ0v) is 17.9. The second kappa shape index (κ2) is 9.12. The number of anilines is 1. The van der Waals surface area contributed by atoms with E-state index in [2.05, 4.69) is 33.2 Å². The van der Waals surface area contributed by atoms with Crippen LogP contribution in [-0.2, 0) is 4.74 Å². The van der Waals surface area contributed by atoms with Crippen LogP contribution in [0.3, 0.4) is 0 Å². The molecular weight excluding hydrogens is 513 g/mol. The summed E-state index contributed by atoms with van der Waals surface area (Å²) in [6.45, 7) is 0. The fourth-order valence-corrected chi connectivity index (χ4v) is 2.97. The lowest BCUT2D eigenvalue weighted by molar-refractivity contribution is 0.0601. The molecule has 5 nitrogen and oxygen atoms in total. The first-order valence-electron chi connectivity index (χ1n) is 7.29. The van der Waals surface area contributed by atoms with Gasteiger partial charge >= 0.3 is 5.97 Å². The Hall–Kier alpha value is -1.22. The number of amides is 1. The summed E-state index contributed by atoms with van der Waals surface area (Å²) in [6, 6.07) is 13.5. The third-order valence-electron chi connectivity index (χ3n) is 3.32. The number of carbonyl (C=O) groups excluding carboxylic acids is 2. The van der Waals surface area contributed by atoms with Crippen LogP contribution in [0.5, 0.6) is 0 Å². The topological polar surface area (TPSA) is 67.4 Å². The van der Waals surface area contributed by atoms with Gasteiger partial charge in [-0.25, -0.2) is 4.79 Å². The van der Waals surface area contributed by atoms with E-state index in [-0.39, 0.29) is 5.56 Å². The second-order valence-corrected chi connectivity index (χ2v) is 8.75. The molecule has 0 unspecified atom stereocenters. The molecule has 2 aromatic rings. The minimum atomic E-state index is -1.87. The van der Waals surface area contributed by atoms with Crippen LogP contribution in [0.25, 0.3) is 0 Å². The highest BCUT2D eigenvalue weighted by atomic mass is 127. The molecule has 0 saturated heterocycles. The Morgan fingerprint density at radius 2 is 1.81 bits per heavy atom. The normalized spacial score (nSPS) is 12.2. The average molecular weight is 528 g/mol. The summed E-state index contributed by atoms with van der Waals surface area (Å²) < 4.78 is 3.76. The van der Waals surface area contributed by atoms with E-state index in [1.165, 1.54) is 7.11 Å². The molecule has 2 aromatic carbocycles. The Bertz CT molecular complexity index is 812. The largest absolute Gasteiger partial charge is 0.465 e. The van der Waals surface area contributed by atoms with Gasteiger partial charge in [-0.05, 0) is 52.9 Å². The average Bonchev–Trinajstić information content (AvgIpc) is 2.60. The molecule has 9 heteroatoms. The van der Waals surface area contributed by atoms with Crippen molar-refractivity contribution in [2.45, 2.75) is 9.96 Å². The van der Waals surface area contributed by atoms with E-state index in [0.717, 1.165) is 3.57 Å². The number of halogens is 4. The molecule has 0 aliphatic heterocycles. The molecule has 1 atom stereocenters. The maximum Gasteiger partial charge on any atom is 0.339 e. The zero-order chi connectivity index (χ0) is 19.3. The number of ether oxygens (including phenoxy) is 1. The summed E-state index contributed by atoms with van der Waals surface area (Å²) in [5, 5.41) is 5.52. The van der Waals surface area contributed by atoms with E-state index in [0.29, 0.717) is 11.3 Å². The Morgan fingerprint density at radius 1 is 1.12 bits per heavy atom. The first kappa shape index (κ1) is 21.1. The van der Waals surface area contributed by atoms with Gasteiger partial charge in [-0.2, -0.15) is 0 Å². The molecule has 138 valence electrons. The highest BCUT2D eigenvalue weighted by molar-refractivity contribution is 14.1. The van der Waals surface area contributed by atoms with Gasteiger partial charge in [0.05, 0.1) is 18.4 Å². The van der Waals surface area contributed by atoms with Crippen LogP contribution in [-0.4, -0.2) is 28.9 Å². The van der Waals surface area contributed by atoms with Gasteiger partial charge in [0.2, 0.25) is 3.79 Å². The summed E-state index contributed by atoms with van der Waals surface area (Å²) in [5.41, 5.74) is 1.02. The highest BCUT2D eigenvalue weighted by Crippen LogP contribution is 2.32. The summed E-state index contributed by atoms with van der Waals surface area (Å²) in [4.78, 5) is 24.4. The molecule has 0 radical (unpaired) electrons. The molecular formula is C17H14Cl3IN2O3. The van der Waals surface area contributed by atoms with Crippen LogP contribution < -0.4 is 10.6 Å². The summed E-state index contributed by atoms with van der Waals surface area (Å²) >= 11 is 20.1. The smallest absolute Gasteiger partial charge is 0.339 e. The Labute approximate surface area is 179 Å². The lowest BCUT2D eigenvalue weighted by Crippen LogP contribution is -2.49. The first-order valence-corrected chi connectivity index (χ1v) is 9.50. The fourth-order valence-electron chi connectivity index (χ4n) is 2.10. The number of carbonyl (C=O) groups is 2. The Kier molecular flexibility index (Phi) is 7.40.